The zero-order valence-electron chi connectivity index (χ0n) is 14.7. The fraction of sp³-hybridized carbons (Fsp3) is 0.611. The number of unbranched alkanes of at least 4 members (excludes halogenated alkanes) is 2. The molecule has 1 amide bonds. The van der Waals surface area contributed by atoms with E-state index in [1.165, 1.54) is 0 Å². The van der Waals surface area contributed by atoms with E-state index in [1.807, 2.05) is 0 Å². The molecule has 1 aromatic carbocycles. The van der Waals surface area contributed by atoms with E-state index >= 15 is 0 Å². The lowest BCUT2D eigenvalue weighted by Crippen LogP contribution is -2.33. The molecule has 2 rings (SSSR count). The monoisotopic (exact) mass is 352 g/mol. The van der Waals surface area contributed by atoms with Gasteiger partial charge in [-0.05, 0) is 49.4 Å². The van der Waals surface area contributed by atoms with Gasteiger partial charge in [-0.2, -0.15) is 4.31 Å². The largest absolute Gasteiger partial charge is 0.326 e. The molecule has 0 saturated heterocycles. The molecule has 134 valence electrons. The summed E-state index contributed by atoms with van der Waals surface area (Å²) in [5.41, 5.74) is 1.65. The molecule has 1 N–H and O–H groups in total. The summed E-state index contributed by atoms with van der Waals surface area (Å²) in [6.07, 6.45) is 5.62. The number of amides is 1. The second-order valence-electron chi connectivity index (χ2n) is 6.33. The van der Waals surface area contributed by atoms with Gasteiger partial charge >= 0.3 is 0 Å². The van der Waals surface area contributed by atoms with Gasteiger partial charge in [0.1, 0.15) is 0 Å². The third kappa shape index (κ3) is 4.57. The first-order chi connectivity index (χ1) is 11.5. The van der Waals surface area contributed by atoms with Crippen LogP contribution in [-0.2, 0) is 21.2 Å². The van der Waals surface area contributed by atoms with Crippen molar-refractivity contribution in [2.24, 2.45) is 0 Å². The number of rotatable bonds is 8. The summed E-state index contributed by atoms with van der Waals surface area (Å²) in [5.74, 6) is -0.00289. The van der Waals surface area contributed by atoms with Crippen LogP contribution in [0.1, 0.15) is 57.9 Å². The Bertz CT molecular complexity index is 663. The highest BCUT2D eigenvalue weighted by atomic mass is 32.2. The molecule has 0 aromatic heterocycles. The van der Waals surface area contributed by atoms with Gasteiger partial charge in [-0.1, -0.05) is 26.7 Å². The lowest BCUT2D eigenvalue weighted by Gasteiger charge is -2.22. The van der Waals surface area contributed by atoms with Gasteiger partial charge in [-0.25, -0.2) is 8.42 Å². The Morgan fingerprint density at radius 1 is 1.08 bits per heavy atom. The fourth-order valence-corrected chi connectivity index (χ4v) is 4.45. The lowest BCUT2D eigenvalue weighted by molar-refractivity contribution is -0.116. The zero-order valence-corrected chi connectivity index (χ0v) is 15.5. The number of nitrogens with one attached hydrogen (secondary N) is 1. The van der Waals surface area contributed by atoms with Gasteiger partial charge in [0.2, 0.25) is 15.9 Å². The first-order valence-electron chi connectivity index (χ1n) is 8.92. The minimum Gasteiger partial charge on any atom is -0.326 e. The van der Waals surface area contributed by atoms with Crippen LogP contribution in [0.5, 0.6) is 0 Å². The number of aryl methyl sites for hydroxylation is 1. The van der Waals surface area contributed by atoms with E-state index in [9.17, 15) is 13.2 Å². The molecule has 1 aliphatic heterocycles. The highest BCUT2D eigenvalue weighted by Crippen LogP contribution is 2.27. The molecule has 1 aliphatic rings. The average molecular weight is 353 g/mol. The highest BCUT2D eigenvalue weighted by molar-refractivity contribution is 7.89. The van der Waals surface area contributed by atoms with Crippen molar-refractivity contribution in [2.75, 3.05) is 18.4 Å². The quantitative estimate of drug-likeness (QED) is 0.778. The SMILES string of the molecule is CCCCN(CCCC)S(=O)(=O)c1ccc2c(c1)CCCC(=O)N2. The molecule has 24 heavy (non-hydrogen) atoms. The first-order valence-corrected chi connectivity index (χ1v) is 10.4. The van der Waals surface area contributed by atoms with E-state index in [2.05, 4.69) is 19.2 Å². The molecule has 5 nitrogen and oxygen atoms in total. The van der Waals surface area contributed by atoms with Crippen molar-refractivity contribution in [3.63, 3.8) is 0 Å². The van der Waals surface area contributed by atoms with Crippen molar-refractivity contribution in [3.05, 3.63) is 23.8 Å². The summed E-state index contributed by atoms with van der Waals surface area (Å²) in [7, 11) is -3.48. The third-order valence-electron chi connectivity index (χ3n) is 4.36. The smallest absolute Gasteiger partial charge is 0.243 e. The van der Waals surface area contributed by atoms with Crippen molar-refractivity contribution in [2.45, 2.75) is 63.7 Å². The number of hydrogen-bond acceptors (Lipinski definition) is 3. The number of fused-ring (bicyclic) bond motifs is 1. The summed E-state index contributed by atoms with van der Waals surface area (Å²) in [5, 5.41) is 2.85. The van der Waals surface area contributed by atoms with Gasteiger partial charge in [-0.15, -0.1) is 0 Å². The van der Waals surface area contributed by atoms with Crippen LogP contribution in [0.3, 0.4) is 0 Å². The summed E-state index contributed by atoms with van der Waals surface area (Å²) >= 11 is 0. The molecule has 0 saturated carbocycles. The van der Waals surface area contributed by atoms with Gasteiger partial charge in [-0.3, -0.25) is 4.79 Å². The molecule has 0 bridgehead atoms. The van der Waals surface area contributed by atoms with E-state index in [0.29, 0.717) is 24.4 Å². The average Bonchev–Trinajstić information content (AvgIpc) is 2.74. The maximum absolute atomic E-state index is 13.0. The summed E-state index contributed by atoms with van der Waals surface area (Å²) < 4.78 is 27.6. The molecule has 1 aromatic rings. The molecule has 6 heteroatoms. The number of nitrogens with zero attached hydrogens (tertiary/aromatic N) is 1. The Morgan fingerprint density at radius 2 is 1.75 bits per heavy atom. The van der Waals surface area contributed by atoms with Crippen LogP contribution >= 0.6 is 0 Å². The van der Waals surface area contributed by atoms with Gasteiger partial charge in [0.15, 0.2) is 0 Å². The summed E-state index contributed by atoms with van der Waals surface area (Å²) in [4.78, 5) is 12.0. The second kappa shape index (κ2) is 8.62. The normalized spacial score (nSPS) is 15.0. The highest BCUT2D eigenvalue weighted by Gasteiger charge is 2.25. The maximum Gasteiger partial charge on any atom is 0.243 e. The van der Waals surface area contributed by atoms with Crippen LogP contribution in [0, 0.1) is 0 Å². The van der Waals surface area contributed by atoms with Crippen LogP contribution < -0.4 is 5.32 Å². The van der Waals surface area contributed by atoms with Crippen LogP contribution in [-0.4, -0.2) is 31.7 Å². The zero-order chi connectivity index (χ0) is 17.6. The maximum atomic E-state index is 13.0. The number of carbonyl (C=O) groups excluding carboxylic acids is 1. The van der Waals surface area contributed by atoms with Gasteiger partial charge < -0.3 is 5.32 Å². The number of benzene rings is 1. The van der Waals surface area contributed by atoms with E-state index in [-0.39, 0.29) is 5.91 Å². The predicted molar refractivity (Wildman–Crippen MR) is 96.6 cm³/mol. The Morgan fingerprint density at radius 3 is 2.38 bits per heavy atom. The fourth-order valence-electron chi connectivity index (χ4n) is 2.88. The second-order valence-corrected chi connectivity index (χ2v) is 8.27. The molecular weight excluding hydrogens is 324 g/mol. The van der Waals surface area contributed by atoms with Crippen molar-refractivity contribution in [3.8, 4) is 0 Å². The Labute approximate surface area is 145 Å². The molecule has 1 heterocycles. The molecule has 0 radical (unpaired) electrons. The Balaban J connectivity index is 2.29. The molecule has 0 fully saturated rings. The molecular formula is C18H28N2O3S. The van der Waals surface area contributed by atoms with Crippen molar-refractivity contribution < 1.29 is 13.2 Å². The molecule has 0 atom stereocenters. The number of anilines is 1. The number of carbonyl (C=O) groups is 1. The molecule has 0 unspecified atom stereocenters. The van der Waals surface area contributed by atoms with Crippen LogP contribution in [0.15, 0.2) is 23.1 Å². The minimum atomic E-state index is -3.48. The van der Waals surface area contributed by atoms with Crippen molar-refractivity contribution in [1.29, 1.82) is 0 Å². The lowest BCUT2D eigenvalue weighted by atomic mass is 10.1. The third-order valence-corrected chi connectivity index (χ3v) is 6.26. The first kappa shape index (κ1) is 18.9. The van der Waals surface area contributed by atoms with Crippen molar-refractivity contribution in [1.82, 2.24) is 4.31 Å². The topological polar surface area (TPSA) is 66.5 Å². The Kier molecular flexibility index (Phi) is 6.80. The van der Waals surface area contributed by atoms with Crippen molar-refractivity contribution >= 4 is 21.6 Å². The van der Waals surface area contributed by atoms with Crippen LogP contribution in [0.25, 0.3) is 0 Å². The van der Waals surface area contributed by atoms with E-state index in [1.54, 1.807) is 22.5 Å². The van der Waals surface area contributed by atoms with Gasteiger partial charge in [0.25, 0.3) is 0 Å². The number of sulfonamides is 1. The predicted octanol–water partition coefficient (Wildman–Crippen LogP) is 3.55. The number of hydrogen-bond donors (Lipinski definition) is 1. The standard InChI is InChI=1S/C18H28N2O3S/c1-3-5-12-20(13-6-4-2)24(22,23)16-10-11-17-15(14-16)8-7-9-18(21)19-17/h10-11,14H,3-9,12-13H2,1-2H3,(H,19,21). The molecule has 0 spiro atoms. The molecule has 0 aliphatic carbocycles. The summed E-state index contributed by atoms with van der Waals surface area (Å²) in [6, 6.07) is 5.08. The minimum absolute atomic E-state index is 0.00289. The van der Waals surface area contributed by atoms with E-state index in [4.69, 9.17) is 0 Å². The van der Waals surface area contributed by atoms with E-state index in [0.717, 1.165) is 49.8 Å². The van der Waals surface area contributed by atoms with Gasteiger partial charge in [0.05, 0.1) is 4.90 Å². The van der Waals surface area contributed by atoms with Gasteiger partial charge in [0, 0.05) is 25.2 Å². The Hall–Kier alpha value is -1.40. The van der Waals surface area contributed by atoms with Crippen LogP contribution in [0.4, 0.5) is 5.69 Å². The van der Waals surface area contributed by atoms with E-state index < -0.39 is 10.0 Å². The summed E-state index contributed by atoms with van der Waals surface area (Å²) in [6.45, 7) is 5.25. The van der Waals surface area contributed by atoms with Crippen LogP contribution in [0.2, 0.25) is 0 Å².